The smallest absolute Gasteiger partial charge is 0.226 e. The fourth-order valence-corrected chi connectivity index (χ4v) is 3.03. The maximum atomic E-state index is 12.1. The van der Waals surface area contributed by atoms with Crippen LogP contribution in [-0.2, 0) is 4.79 Å². The van der Waals surface area contributed by atoms with Gasteiger partial charge in [-0.15, -0.1) is 0 Å². The van der Waals surface area contributed by atoms with E-state index in [1.807, 2.05) is 12.1 Å². The first-order valence-electron chi connectivity index (χ1n) is 7.56. The summed E-state index contributed by atoms with van der Waals surface area (Å²) in [6.07, 6.45) is 7.02. The van der Waals surface area contributed by atoms with Crippen molar-refractivity contribution < 1.29 is 4.79 Å². The van der Waals surface area contributed by atoms with Crippen molar-refractivity contribution in [2.75, 3.05) is 29.9 Å². The molecule has 2 fully saturated rings. The first kappa shape index (κ1) is 13.4. The zero-order chi connectivity index (χ0) is 13.8. The lowest BCUT2D eigenvalue weighted by molar-refractivity contribution is -0.116. The Morgan fingerprint density at radius 2 is 2.25 bits per heavy atom. The Bertz CT molecular complexity index is 465. The number of hydrogen-bond acceptors (Lipinski definition) is 4. The van der Waals surface area contributed by atoms with Crippen molar-refractivity contribution in [3.8, 4) is 0 Å². The topological polar surface area (TPSA) is 57.3 Å². The fraction of sp³-hybridized carbons (Fsp3) is 0.600. The number of amides is 1. The molecule has 20 heavy (non-hydrogen) atoms. The second-order valence-electron chi connectivity index (χ2n) is 5.61. The molecular formula is C15H22N4O. The third kappa shape index (κ3) is 3.10. The second kappa shape index (κ2) is 6.22. The molecule has 1 unspecified atom stereocenters. The molecule has 5 nitrogen and oxygen atoms in total. The van der Waals surface area contributed by atoms with Crippen LogP contribution in [0.5, 0.6) is 0 Å². The molecular weight excluding hydrogens is 252 g/mol. The van der Waals surface area contributed by atoms with Crippen LogP contribution >= 0.6 is 0 Å². The summed E-state index contributed by atoms with van der Waals surface area (Å²) < 4.78 is 0. The highest BCUT2D eigenvalue weighted by Crippen LogP contribution is 2.26. The fourth-order valence-electron chi connectivity index (χ4n) is 3.03. The van der Waals surface area contributed by atoms with Gasteiger partial charge in [0.2, 0.25) is 5.91 Å². The number of aromatic nitrogens is 1. The summed E-state index contributed by atoms with van der Waals surface area (Å²) in [6, 6.07) is 4.16. The second-order valence-corrected chi connectivity index (χ2v) is 5.61. The molecule has 2 aliphatic heterocycles. The van der Waals surface area contributed by atoms with Gasteiger partial charge < -0.3 is 15.5 Å². The summed E-state index contributed by atoms with van der Waals surface area (Å²) in [5.41, 5.74) is 0.845. The Morgan fingerprint density at radius 3 is 3.00 bits per heavy atom. The minimum Gasteiger partial charge on any atom is -0.355 e. The Hall–Kier alpha value is -1.62. The third-order valence-corrected chi connectivity index (χ3v) is 4.06. The summed E-state index contributed by atoms with van der Waals surface area (Å²) in [7, 11) is 0. The summed E-state index contributed by atoms with van der Waals surface area (Å²) >= 11 is 0. The molecule has 1 aromatic rings. The number of pyridine rings is 1. The van der Waals surface area contributed by atoms with Gasteiger partial charge in [-0.05, 0) is 44.4 Å². The summed E-state index contributed by atoms with van der Waals surface area (Å²) in [5.74, 6) is 0.996. The summed E-state index contributed by atoms with van der Waals surface area (Å²) in [4.78, 5) is 18.8. The standard InChI is InChI=1S/C15H22N4O/c20-14(11-12-5-3-7-16-12)18-13-6-4-8-17-15(13)19-9-1-2-10-19/h4,6,8,12,16H,1-3,5,7,9-11H2,(H,18,20). The zero-order valence-corrected chi connectivity index (χ0v) is 11.8. The number of anilines is 2. The first-order valence-corrected chi connectivity index (χ1v) is 7.56. The largest absolute Gasteiger partial charge is 0.355 e. The van der Waals surface area contributed by atoms with Gasteiger partial charge in [0.1, 0.15) is 0 Å². The number of carbonyl (C=O) groups is 1. The van der Waals surface area contributed by atoms with Crippen LogP contribution in [-0.4, -0.2) is 36.6 Å². The maximum Gasteiger partial charge on any atom is 0.226 e. The van der Waals surface area contributed by atoms with Gasteiger partial charge >= 0.3 is 0 Å². The van der Waals surface area contributed by atoms with Crippen LogP contribution in [0.4, 0.5) is 11.5 Å². The highest BCUT2D eigenvalue weighted by molar-refractivity contribution is 5.94. The van der Waals surface area contributed by atoms with E-state index in [4.69, 9.17) is 0 Å². The SMILES string of the molecule is O=C(CC1CCCN1)Nc1cccnc1N1CCCC1. The van der Waals surface area contributed by atoms with E-state index < -0.39 is 0 Å². The quantitative estimate of drug-likeness (QED) is 0.878. The van der Waals surface area contributed by atoms with Gasteiger partial charge in [-0.25, -0.2) is 4.98 Å². The highest BCUT2D eigenvalue weighted by atomic mass is 16.1. The van der Waals surface area contributed by atoms with Crippen molar-refractivity contribution in [1.82, 2.24) is 10.3 Å². The van der Waals surface area contributed by atoms with Gasteiger partial charge in [-0.2, -0.15) is 0 Å². The Balaban J connectivity index is 1.65. The van der Waals surface area contributed by atoms with Crippen LogP contribution in [0.15, 0.2) is 18.3 Å². The Kier molecular flexibility index (Phi) is 4.16. The molecule has 0 saturated carbocycles. The normalized spacial score (nSPS) is 22.2. The van der Waals surface area contributed by atoms with Crippen LogP contribution in [0.25, 0.3) is 0 Å². The highest BCUT2D eigenvalue weighted by Gasteiger charge is 2.20. The zero-order valence-electron chi connectivity index (χ0n) is 11.8. The molecule has 3 heterocycles. The average Bonchev–Trinajstić information content (AvgIpc) is 3.11. The molecule has 1 aromatic heterocycles. The molecule has 2 N–H and O–H groups in total. The predicted octanol–water partition coefficient (Wildman–Crippen LogP) is 1.76. The minimum absolute atomic E-state index is 0.0813. The number of carbonyl (C=O) groups excluding carboxylic acids is 1. The van der Waals surface area contributed by atoms with E-state index in [0.717, 1.165) is 37.6 Å². The third-order valence-electron chi connectivity index (χ3n) is 4.06. The molecule has 5 heteroatoms. The van der Waals surface area contributed by atoms with Crippen molar-refractivity contribution in [3.05, 3.63) is 18.3 Å². The van der Waals surface area contributed by atoms with Crippen LogP contribution in [0.2, 0.25) is 0 Å². The maximum absolute atomic E-state index is 12.1. The van der Waals surface area contributed by atoms with E-state index in [1.54, 1.807) is 6.20 Å². The molecule has 2 aliphatic rings. The summed E-state index contributed by atoms with van der Waals surface area (Å²) in [6.45, 7) is 3.10. The van der Waals surface area contributed by atoms with Crippen LogP contribution in [0.1, 0.15) is 32.1 Å². The molecule has 2 saturated heterocycles. The Labute approximate surface area is 119 Å². The van der Waals surface area contributed by atoms with Gasteiger partial charge in [0.25, 0.3) is 0 Å². The molecule has 0 spiro atoms. The number of nitrogens with one attached hydrogen (secondary N) is 2. The Morgan fingerprint density at radius 1 is 1.40 bits per heavy atom. The van der Waals surface area contributed by atoms with Crippen LogP contribution < -0.4 is 15.5 Å². The molecule has 0 aliphatic carbocycles. The van der Waals surface area contributed by atoms with Crippen LogP contribution in [0, 0.1) is 0 Å². The van der Waals surface area contributed by atoms with Gasteiger partial charge in [-0.3, -0.25) is 4.79 Å². The van der Waals surface area contributed by atoms with E-state index >= 15 is 0 Å². The van der Waals surface area contributed by atoms with Crippen molar-refractivity contribution in [2.45, 2.75) is 38.1 Å². The van der Waals surface area contributed by atoms with Crippen molar-refractivity contribution in [3.63, 3.8) is 0 Å². The van der Waals surface area contributed by atoms with Gasteiger partial charge in [0.15, 0.2) is 5.82 Å². The first-order chi connectivity index (χ1) is 9.83. The molecule has 0 bridgehead atoms. The van der Waals surface area contributed by atoms with Crippen molar-refractivity contribution >= 4 is 17.4 Å². The van der Waals surface area contributed by atoms with Crippen molar-refractivity contribution in [2.24, 2.45) is 0 Å². The molecule has 1 amide bonds. The van der Waals surface area contributed by atoms with Gasteiger partial charge in [0, 0.05) is 31.7 Å². The molecule has 0 aromatic carbocycles. The van der Waals surface area contributed by atoms with E-state index in [-0.39, 0.29) is 5.91 Å². The van der Waals surface area contributed by atoms with Crippen LogP contribution in [0.3, 0.4) is 0 Å². The lowest BCUT2D eigenvalue weighted by Gasteiger charge is -2.20. The van der Waals surface area contributed by atoms with E-state index in [0.29, 0.717) is 12.5 Å². The monoisotopic (exact) mass is 274 g/mol. The van der Waals surface area contributed by atoms with Gasteiger partial charge in [-0.1, -0.05) is 0 Å². The van der Waals surface area contributed by atoms with Gasteiger partial charge in [0.05, 0.1) is 5.69 Å². The molecule has 0 radical (unpaired) electrons. The number of nitrogens with zero attached hydrogens (tertiary/aromatic N) is 2. The number of rotatable bonds is 4. The number of hydrogen-bond donors (Lipinski definition) is 2. The lowest BCUT2D eigenvalue weighted by Crippen LogP contribution is -2.28. The van der Waals surface area contributed by atoms with E-state index in [1.165, 1.54) is 19.3 Å². The summed E-state index contributed by atoms with van der Waals surface area (Å²) in [5, 5.41) is 6.39. The van der Waals surface area contributed by atoms with E-state index in [2.05, 4.69) is 20.5 Å². The molecule has 1 atom stereocenters. The van der Waals surface area contributed by atoms with E-state index in [9.17, 15) is 4.79 Å². The molecule has 108 valence electrons. The average molecular weight is 274 g/mol. The predicted molar refractivity (Wildman–Crippen MR) is 80.0 cm³/mol. The lowest BCUT2D eigenvalue weighted by atomic mass is 10.1. The molecule has 3 rings (SSSR count). The van der Waals surface area contributed by atoms with Crippen molar-refractivity contribution in [1.29, 1.82) is 0 Å². The minimum atomic E-state index is 0.0813.